The van der Waals surface area contributed by atoms with Gasteiger partial charge >= 0.3 is 5.69 Å². The molecule has 182 valence electrons. The number of nitrogens with zero attached hydrogens (tertiary/aromatic N) is 1. The standard InChI is InChI=1S/C25H24ClN3O6/c1-2-13-12-29(25(33)28-23(13)31)20-10-16(30)19(35-20)11-27-24(32)21-14-6-3-4-8-17(14)34-18-9-5-7-15(26)22(18)21/h3-9,12,16,19-21,30H,2,10-11H2,1H3,(H,27,32)(H,28,31,33)/t16?,19-,20-,21-/m0/s1. The molecule has 0 radical (unpaired) electrons. The molecule has 3 heterocycles. The van der Waals surface area contributed by atoms with Gasteiger partial charge in [-0.2, -0.15) is 0 Å². The third-order valence-corrected chi connectivity index (χ3v) is 6.76. The minimum absolute atomic E-state index is 0.0224. The van der Waals surface area contributed by atoms with Crippen LogP contribution in [0.2, 0.25) is 5.02 Å². The summed E-state index contributed by atoms with van der Waals surface area (Å²) in [4.78, 5) is 39.9. The van der Waals surface area contributed by atoms with Crippen molar-refractivity contribution < 1.29 is 19.4 Å². The Morgan fingerprint density at radius 1 is 1.20 bits per heavy atom. The third kappa shape index (κ3) is 4.27. The van der Waals surface area contributed by atoms with Gasteiger partial charge in [0.25, 0.3) is 5.56 Å². The summed E-state index contributed by atoms with van der Waals surface area (Å²) in [5.74, 6) is 0.0669. The van der Waals surface area contributed by atoms with Crippen molar-refractivity contribution in [1.82, 2.24) is 14.9 Å². The normalized spacial score (nSPS) is 22.7. The van der Waals surface area contributed by atoms with Crippen molar-refractivity contribution in [3.05, 3.63) is 91.2 Å². The molecule has 1 amide bonds. The van der Waals surface area contributed by atoms with Crippen LogP contribution in [0.3, 0.4) is 0 Å². The van der Waals surface area contributed by atoms with Crippen LogP contribution >= 0.6 is 11.6 Å². The Balaban J connectivity index is 1.35. The van der Waals surface area contributed by atoms with E-state index in [-0.39, 0.29) is 18.9 Å². The van der Waals surface area contributed by atoms with Crippen molar-refractivity contribution in [2.24, 2.45) is 0 Å². The van der Waals surface area contributed by atoms with E-state index in [2.05, 4.69) is 10.3 Å². The molecule has 1 saturated heterocycles. The number of fused-ring (bicyclic) bond motifs is 2. The van der Waals surface area contributed by atoms with Gasteiger partial charge in [0.2, 0.25) is 5.91 Å². The lowest BCUT2D eigenvalue weighted by Gasteiger charge is -2.28. The number of aromatic amines is 1. The molecule has 1 fully saturated rings. The van der Waals surface area contributed by atoms with E-state index in [1.807, 2.05) is 18.2 Å². The summed E-state index contributed by atoms with van der Waals surface area (Å²) in [6, 6.07) is 12.5. The van der Waals surface area contributed by atoms with Crippen LogP contribution in [0.15, 0.2) is 58.3 Å². The first-order valence-electron chi connectivity index (χ1n) is 11.4. The van der Waals surface area contributed by atoms with E-state index in [9.17, 15) is 19.5 Å². The molecular formula is C25H24ClN3O6. The van der Waals surface area contributed by atoms with Crippen molar-refractivity contribution in [2.75, 3.05) is 6.54 Å². The number of halogens is 1. The molecule has 2 aromatic carbocycles. The summed E-state index contributed by atoms with van der Waals surface area (Å²) in [7, 11) is 0. The number of ether oxygens (including phenoxy) is 2. The number of rotatable bonds is 5. The number of carbonyl (C=O) groups excluding carboxylic acids is 1. The van der Waals surface area contributed by atoms with E-state index < -0.39 is 35.6 Å². The average molecular weight is 498 g/mol. The van der Waals surface area contributed by atoms with Gasteiger partial charge in [0.1, 0.15) is 23.8 Å². The minimum atomic E-state index is -0.915. The lowest BCUT2D eigenvalue weighted by atomic mass is 9.87. The Labute approximate surface area is 205 Å². The lowest BCUT2D eigenvalue weighted by Crippen LogP contribution is -2.40. The molecule has 0 aliphatic carbocycles. The monoisotopic (exact) mass is 497 g/mol. The number of aliphatic hydroxyl groups excluding tert-OH is 1. The molecule has 10 heteroatoms. The van der Waals surface area contributed by atoms with Crippen LogP contribution in [0.1, 0.15) is 42.2 Å². The molecule has 3 aromatic rings. The summed E-state index contributed by atoms with van der Waals surface area (Å²) in [6.07, 6.45) is -0.376. The maximum atomic E-state index is 13.4. The van der Waals surface area contributed by atoms with Gasteiger partial charge in [-0.25, -0.2) is 4.79 Å². The number of aliphatic hydroxyl groups is 1. The van der Waals surface area contributed by atoms with Crippen molar-refractivity contribution >= 4 is 17.5 Å². The van der Waals surface area contributed by atoms with Crippen LogP contribution in [0.5, 0.6) is 11.5 Å². The van der Waals surface area contributed by atoms with Crippen molar-refractivity contribution in [2.45, 2.75) is 44.1 Å². The zero-order valence-electron chi connectivity index (χ0n) is 18.9. The maximum Gasteiger partial charge on any atom is 0.330 e. The number of carbonyl (C=O) groups is 1. The Hall–Kier alpha value is -3.40. The number of benzene rings is 2. The zero-order chi connectivity index (χ0) is 24.7. The molecule has 0 saturated carbocycles. The molecule has 1 aromatic heterocycles. The number of amides is 1. The van der Waals surface area contributed by atoms with Crippen LogP contribution in [0.4, 0.5) is 0 Å². The molecule has 35 heavy (non-hydrogen) atoms. The Bertz CT molecular complexity index is 1400. The van der Waals surface area contributed by atoms with Crippen LogP contribution in [-0.4, -0.2) is 39.3 Å². The average Bonchev–Trinajstić information content (AvgIpc) is 3.21. The second kappa shape index (κ2) is 9.33. The first-order chi connectivity index (χ1) is 16.9. The summed E-state index contributed by atoms with van der Waals surface area (Å²) in [5.41, 5.74) is 0.644. The van der Waals surface area contributed by atoms with Gasteiger partial charge < -0.3 is 19.9 Å². The highest BCUT2D eigenvalue weighted by Gasteiger charge is 2.38. The Morgan fingerprint density at radius 3 is 2.77 bits per heavy atom. The SMILES string of the molecule is CCc1cn([C@@H]2CC(O)[C@H](CNC(=O)[C@H]3c4ccccc4Oc4cccc(Cl)c43)O2)c(=O)[nH]c1=O. The molecule has 0 bridgehead atoms. The lowest BCUT2D eigenvalue weighted by molar-refractivity contribution is -0.123. The van der Waals surface area contributed by atoms with Crippen LogP contribution < -0.4 is 21.3 Å². The predicted octanol–water partition coefficient (Wildman–Crippen LogP) is 2.45. The van der Waals surface area contributed by atoms with E-state index >= 15 is 0 Å². The highest BCUT2D eigenvalue weighted by atomic mass is 35.5. The molecular weight excluding hydrogens is 474 g/mol. The zero-order valence-corrected chi connectivity index (χ0v) is 19.6. The van der Waals surface area contributed by atoms with Gasteiger partial charge in [0, 0.05) is 40.9 Å². The summed E-state index contributed by atoms with van der Waals surface area (Å²) < 4.78 is 13.1. The second-order valence-corrected chi connectivity index (χ2v) is 8.98. The number of hydrogen-bond acceptors (Lipinski definition) is 6. The van der Waals surface area contributed by atoms with Gasteiger partial charge in [0.15, 0.2) is 0 Å². The number of aromatic nitrogens is 2. The first-order valence-corrected chi connectivity index (χ1v) is 11.8. The number of para-hydroxylation sites is 1. The van der Waals surface area contributed by atoms with Gasteiger partial charge in [-0.05, 0) is 24.6 Å². The fraction of sp³-hybridized carbons (Fsp3) is 0.320. The predicted molar refractivity (Wildman–Crippen MR) is 128 cm³/mol. The largest absolute Gasteiger partial charge is 0.457 e. The Kier molecular flexibility index (Phi) is 6.22. The molecule has 0 spiro atoms. The van der Waals surface area contributed by atoms with Gasteiger partial charge in [-0.1, -0.05) is 42.8 Å². The van der Waals surface area contributed by atoms with Crippen molar-refractivity contribution in [1.29, 1.82) is 0 Å². The number of aryl methyl sites for hydroxylation is 1. The van der Waals surface area contributed by atoms with Gasteiger partial charge in [0.05, 0.1) is 12.0 Å². The minimum Gasteiger partial charge on any atom is -0.457 e. The number of H-pyrrole nitrogens is 1. The quantitative estimate of drug-likeness (QED) is 0.497. The van der Waals surface area contributed by atoms with E-state index in [1.54, 1.807) is 31.2 Å². The number of hydrogen-bond donors (Lipinski definition) is 3. The van der Waals surface area contributed by atoms with Crippen molar-refractivity contribution in [3.8, 4) is 11.5 Å². The van der Waals surface area contributed by atoms with Crippen LogP contribution in [0, 0.1) is 0 Å². The summed E-state index contributed by atoms with van der Waals surface area (Å²) in [6.45, 7) is 1.83. The number of nitrogens with one attached hydrogen (secondary N) is 2. The van der Waals surface area contributed by atoms with E-state index in [1.165, 1.54) is 10.8 Å². The molecule has 5 rings (SSSR count). The van der Waals surface area contributed by atoms with Gasteiger partial charge in [-0.15, -0.1) is 0 Å². The third-order valence-electron chi connectivity index (χ3n) is 6.43. The van der Waals surface area contributed by atoms with Gasteiger partial charge in [-0.3, -0.25) is 19.1 Å². The molecule has 3 N–H and O–H groups in total. The molecule has 2 aliphatic heterocycles. The van der Waals surface area contributed by atoms with E-state index in [4.69, 9.17) is 21.1 Å². The topological polar surface area (TPSA) is 123 Å². The fourth-order valence-corrected chi connectivity index (χ4v) is 4.89. The van der Waals surface area contributed by atoms with E-state index in [0.29, 0.717) is 39.6 Å². The first kappa shape index (κ1) is 23.3. The smallest absolute Gasteiger partial charge is 0.330 e. The van der Waals surface area contributed by atoms with Crippen LogP contribution in [0.25, 0.3) is 0 Å². The molecule has 2 aliphatic rings. The highest BCUT2D eigenvalue weighted by molar-refractivity contribution is 6.32. The van der Waals surface area contributed by atoms with Crippen molar-refractivity contribution in [3.63, 3.8) is 0 Å². The van der Waals surface area contributed by atoms with Crippen LogP contribution in [-0.2, 0) is 16.0 Å². The molecule has 9 nitrogen and oxygen atoms in total. The summed E-state index contributed by atoms with van der Waals surface area (Å²) in [5, 5.41) is 13.9. The highest BCUT2D eigenvalue weighted by Crippen LogP contribution is 2.46. The summed E-state index contributed by atoms with van der Waals surface area (Å²) >= 11 is 6.45. The maximum absolute atomic E-state index is 13.4. The second-order valence-electron chi connectivity index (χ2n) is 8.58. The Morgan fingerprint density at radius 2 is 1.97 bits per heavy atom. The molecule has 1 unspecified atom stereocenters. The van der Waals surface area contributed by atoms with E-state index in [0.717, 1.165) is 0 Å². The molecule has 4 atom stereocenters. The fourth-order valence-electron chi connectivity index (χ4n) is 4.61.